The fraction of sp³-hybridized carbons (Fsp3) is 0.600. The van der Waals surface area contributed by atoms with Crippen molar-refractivity contribution in [2.24, 2.45) is 5.92 Å². The van der Waals surface area contributed by atoms with Gasteiger partial charge in [0, 0.05) is 18.1 Å². The normalized spacial score (nSPS) is 16.9. The standard InChI is InChI=1S/C20H28F2N2O3S/c1-12(2)18(24-17(25)6-4-5-7-28-3)20(26)23-15-9-13-8-14(21)10-16(22)19(13)27-11-15/h8,10,12,15,18H,4-7,9,11H2,1-3H3,(H,23,26)(H,24,25)/t15?,18-/m0/s1. The van der Waals surface area contributed by atoms with Crippen LogP contribution in [0.1, 0.15) is 38.7 Å². The number of carbonyl (C=O) groups is 2. The summed E-state index contributed by atoms with van der Waals surface area (Å²) in [5.74, 6) is -0.946. The Balaban J connectivity index is 1.92. The van der Waals surface area contributed by atoms with Crippen LogP contribution in [0, 0.1) is 17.6 Å². The summed E-state index contributed by atoms with van der Waals surface area (Å²) in [5.41, 5.74) is 0.382. The van der Waals surface area contributed by atoms with E-state index in [2.05, 4.69) is 10.6 Å². The van der Waals surface area contributed by atoms with Crippen molar-refractivity contribution >= 4 is 23.6 Å². The van der Waals surface area contributed by atoms with Crippen LogP contribution in [-0.2, 0) is 16.0 Å². The van der Waals surface area contributed by atoms with E-state index in [1.54, 1.807) is 11.8 Å². The number of nitrogens with one attached hydrogen (secondary N) is 2. The van der Waals surface area contributed by atoms with Gasteiger partial charge in [0.25, 0.3) is 0 Å². The van der Waals surface area contributed by atoms with Gasteiger partial charge in [0.05, 0.1) is 6.04 Å². The number of carbonyl (C=O) groups excluding carboxylic acids is 2. The van der Waals surface area contributed by atoms with Crippen molar-refractivity contribution < 1.29 is 23.1 Å². The van der Waals surface area contributed by atoms with Gasteiger partial charge >= 0.3 is 0 Å². The van der Waals surface area contributed by atoms with Crippen LogP contribution in [0.2, 0.25) is 0 Å². The lowest BCUT2D eigenvalue weighted by Crippen LogP contribution is -2.54. The van der Waals surface area contributed by atoms with Crippen LogP contribution in [0.3, 0.4) is 0 Å². The largest absolute Gasteiger partial charge is 0.488 e. The number of amides is 2. The molecule has 5 nitrogen and oxygen atoms in total. The molecule has 0 saturated heterocycles. The predicted molar refractivity (Wildman–Crippen MR) is 106 cm³/mol. The molecule has 0 spiro atoms. The Morgan fingerprint density at radius 1 is 1.29 bits per heavy atom. The third kappa shape index (κ3) is 6.36. The molecule has 0 aliphatic carbocycles. The van der Waals surface area contributed by atoms with Crippen LogP contribution >= 0.6 is 11.8 Å². The lowest BCUT2D eigenvalue weighted by molar-refractivity contribution is -0.130. The average Bonchev–Trinajstić information content (AvgIpc) is 2.62. The summed E-state index contributed by atoms with van der Waals surface area (Å²) in [7, 11) is 0. The van der Waals surface area contributed by atoms with Crippen molar-refractivity contribution in [2.75, 3.05) is 18.6 Å². The van der Waals surface area contributed by atoms with Gasteiger partial charge in [-0.3, -0.25) is 9.59 Å². The van der Waals surface area contributed by atoms with Gasteiger partial charge in [0.15, 0.2) is 11.6 Å². The van der Waals surface area contributed by atoms with E-state index in [1.165, 1.54) is 6.07 Å². The number of fused-ring (bicyclic) bond motifs is 1. The van der Waals surface area contributed by atoms with Crippen molar-refractivity contribution in [3.05, 3.63) is 29.3 Å². The first-order valence-corrected chi connectivity index (χ1v) is 10.9. The molecule has 156 valence electrons. The molecule has 1 unspecified atom stereocenters. The molecular formula is C20H28F2N2O3S. The van der Waals surface area contributed by atoms with Gasteiger partial charge in [-0.2, -0.15) is 11.8 Å². The van der Waals surface area contributed by atoms with E-state index in [9.17, 15) is 18.4 Å². The van der Waals surface area contributed by atoms with Crippen molar-refractivity contribution in [3.63, 3.8) is 0 Å². The minimum atomic E-state index is -0.742. The van der Waals surface area contributed by atoms with Gasteiger partial charge in [-0.1, -0.05) is 13.8 Å². The van der Waals surface area contributed by atoms with Crippen LogP contribution in [0.4, 0.5) is 8.78 Å². The summed E-state index contributed by atoms with van der Waals surface area (Å²) in [4.78, 5) is 24.8. The second kappa shape index (κ2) is 10.6. The number of unbranched alkanes of at least 4 members (excludes halogenated alkanes) is 1. The minimum Gasteiger partial charge on any atom is -0.488 e. The molecule has 0 fully saturated rings. The fourth-order valence-electron chi connectivity index (χ4n) is 3.13. The van der Waals surface area contributed by atoms with Gasteiger partial charge in [0.2, 0.25) is 11.8 Å². The van der Waals surface area contributed by atoms with E-state index < -0.39 is 23.7 Å². The van der Waals surface area contributed by atoms with E-state index in [-0.39, 0.29) is 36.5 Å². The average molecular weight is 415 g/mol. The smallest absolute Gasteiger partial charge is 0.243 e. The second-order valence-electron chi connectivity index (χ2n) is 7.34. The van der Waals surface area contributed by atoms with E-state index in [1.807, 2.05) is 20.1 Å². The van der Waals surface area contributed by atoms with Crippen molar-refractivity contribution in [1.82, 2.24) is 10.6 Å². The Kier molecular flexibility index (Phi) is 8.54. The monoisotopic (exact) mass is 414 g/mol. The molecule has 1 heterocycles. The van der Waals surface area contributed by atoms with Gasteiger partial charge in [-0.05, 0) is 43.3 Å². The molecule has 0 saturated carbocycles. The molecule has 1 aromatic carbocycles. The fourth-order valence-corrected chi connectivity index (χ4v) is 3.62. The lowest BCUT2D eigenvalue weighted by Gasteiger charge is -2.29. The molecule has 2 N–H and O–H groups in total. The van der Waals surface area contributed by atoms with Crippen LogP contribution in [0.25, 0.3) is 0 Å². The molecule has 0 radical (unpaired) electrons. The van der Waals surface area contributed by atoms with Crippen LogP contribution < -0.4 is 15.4 Å². The Morgan fingerprint density at radius 3 is 2.71 bits per heavy atom. The molecule has 1 aliphatic rings. The summed E-state index contributed by atoms with van der Waals surface area (Å²) in [6, 6.07) is 0.911. The first kappa shape index (κ1) is 22.5. The Hall–Kier alpha value is -1.83. The van der Waals surface area contributed by atoms with Gasteiger partial charge < -0.3 is 15.4 Å². The van der Waals surface area contributed by atoms with Gasteiger partial charge in [-0.15, -0.1) is 0 Å². The predicted octanol–water partition coefficient (Wildman–Crippen LogP) is 3.06. The first-order chi connectivity index (χ1) is 13.3. The Bertz CT molecular complexity index is 700. The number of ether oxygens (including phenoxy) is 1. The van der Waals surface area contributed by atoms with Gasteiger partial charge in [-0.25, -0.2) is 8.78 Å². The number of benzene rings is 1. The molecule has 2 amide bonds. The molecule has 1 aromatic rings. The van der Waals surface area contributed by atoms with Crippen LogP contribution in [0.15, 0.2) is 12.1 Å². The number of halogens is 2. The van der Waals surface area contributed by atoms with Gasteiger partial charge in [0.1, 0.15) is 18.5 Å². The molecule has 28 heavy (non-hydrogen) atoms. The zero-order valence-corrected chi connectivity index (χ0v) is 17.3. The molecule has 8 heteroatoms. The summed E-state index contributed by atoms with van der Waals surface area (Å²) >= 11 is 1.74. The van der Waals surface area contributed by atoms with Crippen molar-refractivity contribution in [3.8, 4) is 5.75 Å². The highest BCUT2D eigenvalue weighted by Crippen LogP contribution is 2.29. The maximum atomic E-state index is 13.7. The van der Waals surface area contributed by atoms with E-state index in [4.69, 9.17) is 4.74 Å². The quantitative estimate of drug-likeness (QED) is 0.610. The number of hydrogen-bond donors (Lipinski definition) is 2. The number of hydrogen-bond acceptors (Lipinski definition) is 4. The Morgan fingerprint density at radius 2 is 2.04 bits per heavy atom. The SMILES string of the molecule is CSCCCCC(=O)N[C@H](C(=O)NC1COc2c(F)cc(F)cc2C1)C(C)C. The zero-order chi connectivity index (χ0) is 20.7. The topological polar surface area (TPSA) is 67.4 Å². The first-order valence-electron chi connectivity index (χ1n) is 9.51. The third-order valence-corrected chi connectivity index (χ3v) is 5.29. The molecular weight excluding hydrogens is 386 g/mol. The maximum Gasteiger partial charge on any atom is 0.243 e. The molecule has 2 atom stereocenters. The highest BCUT2D eigenvalue weighted by atomic mass is 32.2. The zero-order valence-electron chi connectivity index (χ0n) is 16.5. The molecule has 0 bridgehead atoms. The summed E-state index contributed by atoms with van der Waals surface area (Å²) in [6.07, 6.45) is 4.41. The second-order valence-corrected chi connectivity index (χ2v) is 8.32. The van der Waals surface area contributed by atoms with E-state index in [0.717, 1.165) is 24.7 Å². The number of thioether (sulfide) groups is 1. The van der Waals surface area contributed by atoms with E-state index >= 15 is 0 Å². The molecule has 0 aromatic heterocycles. The highest BCUT2D eigenvalue weighted by Gasteiger charge is 2.29. The summed E-state index contributed by atoms with van der Waals surface area (Å²) < 4.78 is 32.6. The number of rotatable bonds is 9. The maximum absolute atomic E-state index is 13.7. The molecule has 1 aliphatic heterocycles. The summed E-state index contributed by atoms with van der Waals surface area (Å²) in [6.45, 7) is 3.81. The third-order valence-electron chi connectivity index (χ3n) is 4.59. The van der Waals surface area contributed by atoms with Crippen LogP contribution in [0.5, 0.6) is 5.75 Å². The van der Waals surface area contributed by atoms with E-state index in [0.29, 0.717) is 12.0 Å². The summed E-state index contributed by atoms with van der Waals surface area (Å²) in [5, 5.41) is 5.64. The lowest BCUT2D eigenvalue weighted by atomic mass is 9.99. The minimum absolute atomic E-state index is 0.0332. The van der Waals surface area contributed by atoms with Crippen molar-refractivity contribution in [1.29, 1.82) is 0 Å². The molecule has 2 rings (SSSR count). The highest BCUT2D eigenvalue weighted by molar-refractivity contribution is 7.98. The van der Waals surface area contributed by atoms with Crippen LogP contribution in [-0.4, -0.2) is 42.5 Å². The Labute approximate surface area is 169 Å². The van der Waals surface area contributed by atoms with Crippen molar-refractivity contribution in [2.45, 2.75) is 51.6 Å².